The van der Waals surface area contributed by atoms with Gasteiger partial charge in [-0.1, -0.05) is 53.7 Å². The molecule has 0 radical (unpaired) electrons. The van der Waals surface area contributed by atoms with Gasteiger partial charge in [0.05, 0.1) is 11.4 Å². The number of benzene rings is 2. The van der Waals surface area contributed by atoms with Crippen LogP contribution in [0.1, 0.15) is 24.8 Å². The first-order valence-electron chi connectivity index (χ1n) is 9.16. The summed E-state index contributed by atoms with van der Waals surface area (Å²) < 4.78 is 1.77. The van der Waals surface area contributed by atoms with Gasteiger partial charge in [0.1, 0.15) is 5.37 Å². The lowest BCUT2D eigenvalue weighted by molar-refractivity contribution is -0.129. The summed E-state index contributed by atoms with van der Waals surface area (Å²) >= 11 is 7.35. The molecule has 0 fully saturated rings. The van der Waals surface area contributed by atoms with Crippen molar-refractivity contribution < 1.29 is 9.59 Å². The molecule has 0 spiro atoms. The maximum atomic E-state index is 12.3. The minimum absolute atomic E-state index is 0.234. The van der Waals surface area contributed by atoms with Gasteiger partial charge < -0.3 is 5.32 Å². The van der Waals surface area contributed by atoms with Crippen molar-refractivity contribution in [2.24, 2.45) is 5.10 Å². The highest BCUT2D eigenvalue weighted by Crippen LogP contribution is 2.42. The summed E-state index contributed by atoms with van der Waals surface area (Å²) in [5.41, 5.74) is 3.25. The zero-order valence-electron chi connectivity index (χ0n) is 16.2. The average molecular weight is 440 g/mol. The number of para-hydroxylation sites is 1. The fraction of sp³-hybridized carbons (Fsp3) is 0.143. The van der Waals surface area contributed by atoms with E-state index in [1.165, 1.54) is 30.6 Å². The van der Waals surface area contributed by atoms with Crippen LogP contribution in [-0.4, -0.2) is 31.8 Å². The fourth-order valence-electron chi connectivity index (χ4n) is 3.08. The number of aromatic nitrogens is 2. The first-order valence-corrected chi connectivity index (χ1v) is 10.4. The van der Waals surface area contributed by atoms with Crippen LogP contribution in [-0.2, 0) is 9.59 Å². The molecule has 0 saturated carbocycles. The lowest BCUT2D eigenvalue weighted by Crippen LogP contribution is -2.25. The zero-order valence-corrected chi connectivity index (χ0v) is 17.8. The van der Waals surface area contributed by atoms with E-state index in [0.29, 0.717) is 15.9 Å². The van der Waals surface area contributed by atoms with E-state index in [9.17, 15) is 9.59 Å². The van der Waals surface area contributed by atoms with Crippen molar-refractivity contribution in [2.45, 2.75) is 19.2 Å². The molecule has 1 unspecified atom stereocenters. The van der Waals surface area contributed by atoms with Crippen molar-refractivity contribution in [2.75, 3.05) is 0 Å². The molecule has 1 aromatic heterocycles. The number of nitrogens with one attached hydrogen (secondary N) is 1. The van der Waals surface area contributed by atoms with Gasteiger partial charge in [-0.2, -0.15) is 5.10 Å². The minimum Gasteiger partial charge on any atom is -0.304 e. The molecular formula is C21H18ClN5O2S. The van der Waals surface area contributed by atoms with Crippen molar-refractivity contribution in [3.63, 3.8) is 0 Å². The largest absolute Gasteiger partial charge is 0.304 e. The molecule has 1 atom stereocenters. The van der Waals surface area contributed by atoms with Crippen molar-refractivity contribution in [3.8, 4) is 16.9 Å². The van der Waals surface area contributed by atoms with Crippen molar-refractivity contribution in [1.82, 2.24) is 20.1 Å². The predicted molar refractivity (Wildman–Crippen MR) is 118 cm³/mol. The number of carbonyl (C=O) groups excluding carboxylic acids is 2. The summed E-state index contributed by atoms with van der Waals surface area (Å²) in [5.74, 6) is -0.481. The Bertz CT molecular complexity index is 1130. The van der Waals surface area contributed by atoms with Crippen LogP contribution in [0.25, 0.3) is 16.9 Å². The smallest absolute Gasteiger partial charge is 0.241 e. The van der Waals surface area contributed by atoms with Crippen LogP contribution in [0.2, 0.25) is 5.02 Å². The molecule has 2 amide bonds. The third-order valence-corrected chi connectivity index (χ3v) is 5.73. The monoisotopic (exact) mass is 439 g/mol. The fourth-order valence-corrected chi connectivity index (χ4v) is 4.35. The standard InChI is InChI=1S/C21H18ClN5O2S/c1-13(28)23-21-25-27(14(2)29)20(30-21)18-12-26(17-6-4-3-5-7-17)24-19(18)15-8-10-16(22)11-9-15/h3-12,20H,1-2H3,(H,23,25,28). The second-order valence-electron chi connectivity index (χ2n) is 6.64. The molecule has 0 saturated heterocycles. The summed E-state index contributed by atoms with van der Waals surface area (Å²) in [6.45, 7) is 2.85. The molecule has 1 N–H and O–H groups in total. The van der Waals surface area contributed by atoms with Gasteiger partial charge in [-0.05, 0) is 24.3 Å². The van der Waals surface area contributed by atoms with Crippen LogP contribution < -0.4 is 5.32 Å². The van der Waals surface area contributed by atoms with Crippen LogP contribution in [0.4, 0.5) is 0 Å². The van der Waals surface area contributed by atoms with Crippen LogP contribution in [0.15, 0.2) is 65.9 Å². The normalized spacial score (nSPS) is 15.8. The van der Waals surface area contributed by atoms with E-state index in [1.807, 2.05) is 48.7 Å². The summed E-state index contributed by atoms with van der Waals surface area (Å²) in [6, 6.07) is 17.1. The molecule has 1 aliphatic heterocycles. The molecule has 7 nitrogen and oxygen atoms in total. The van der Waals surface area contributed by atoms with E-state index >= 15 is 0 Å². The number of amides is 2. The van der Waals surface area contributed by atoms with E-state index in [1.54, 1.807) is 16.8 Å². The highest BCUT2D eigenvalue weighted by atomic mass is 35.5. The topological polar surface area (TPSA) is 79.6 Å². The summed E-state index contributed by atoms with van der Waals surface area (Å²) in [4.78, 5) is 23.8. The van der Waals surface area contributed by atoms with E-state index in [2.05, 4.69) is 10.4 Å². The number of hydrogen-bond donors (Lipinski definition) is 1. The molecule has 1 aliphatic rings. The molecule has 3 aromatic rings. The summed E-state index contributed by atoms with van der Waals surface area (Å²) in [6.07, 6.45) is 1.89. The Morgan fingerprint density at radius 1 is 1.07 bits per heavy atom. The van der Waals surface area contributed by atoms with Crippen molar-refractivity contribution in [3.05, 3.63) is 71.4 Å². The van der Waals surface area contributed by atoms with Crippen LogP contribution >= 0.6 is 23.4 Å². The number of hydrogen-bond acceptors (Lipinski definition) is 5. The lowest BCUT2D eigenvalue weighted by atomic mass is 10.1. The van der Waals surface area contributed by atoms with Crippen LogP contribution in [0.3, 0.4) is 0 Å². The first kappa shape index (κ1) is 20.2. The van der Waals surface area contributed by atoms with Gasteiger partial charge in [0.15, 0.2) is 5.17 Å². The van der Waals surface area contributed by atoms with E-state index in [-0.39, 0.29) is 11.8 Å². The molecule has 2 heterocycles. The van der Waals surface area contributed by atoms with Gasteiger partial charge in [0, 0.05) is 36.2 Å². The van der Waals surface area contributed by atoms with Gasteiger partial charge in [-0.15, -0.1) is 5.10 Å². The van der Waals surface area contributed by atoms with E-state index in [0.717, 1.165) is 16.8 Å². The molecular weight excluding hydrogens is 422 g/mol. The highest BCUT2D eigenvalue weighted by molar-refractivity contribution is 8.14. The number of amidine groups is 1. The third-order valence-electron chi connectivity index (χ3n) is 4.40. The average Bonchev–Trinajstić information content (AvgIpc) is 3.33. The number of hydrazone groups is 1. The Morgan fingerprint density at radius 2 is 1.77 bits per heavy atom. The third kappa shape index (κ3) is 4.10. The maximum Gasteiger partial charge on any atom is 0.241 e. The van der Waals surface area contributed by atoms with Crippen LogP contribution in [0.5, 0.6) is 0 Å². The molecule has 2 aromatic carbocycles. The summed E-state index contributed by atoms with van der Waals surface area (Å²) in [7, 11) is 0. The molecule has 9 heteroatoms. The first-order chi connectivity index (χ1) is 14.4. The quantitative estimate of drug-likeness (QED) is 0.663. The lowest BCUT2D eigenvalue weighted by Gasteiger charge is -2.18. The van der Waals surface area contributed by atoms with Gasteiger partial charge in [-0.25, -0.2) is 9.69 Å². The number of thioether (sulfide) groups is 1. The Morgan fingerprint density at radius 3 is 2.40 bits per heavy atom. The number of nitrogens with zero attached hydrogens (tertiary/aromatic N) is 4. The van der Waals surface area contributed by atoms with Gasteiger partial charge in [0.25, 0.3) is 0 Å². The highest BCUT2D eigenvalue weighted by Gasteiger charge is 2.35. The number of rotatable bonds is 3. The van der Waals surface area contributed by atoms with Crippen molar-refractivity contribution >= 4 is 40.3 Å². The maximum absolute atomic E-state index is 12.3. The molecule has 4 rings (SSSR count). The minimum atomic E-state index is -0.465. The second kappa shape index (κ2) is 8.33. The second-order valence-corrected chi connectivity index (χ2v) is 8.15. The predicted octanol–water partition coefficient (Wildman–Crippen LogP) is 4.19. The Hall–Kier alpha value is -3.10. The van der Waals surface area contributed by atoms with E-state index < -0.39 is 5.37 Å². The summed E-state index contributed by atoms with van der Waals surface area (Å²) in [5, 5.41) is 13.6. The molecule has 0 aliphatic carbocycles. The Kier molecular flexibility index (Phi) is 5.61. The Balaban J connectivity index is 1.81. The van der Waals surface area contributed by atoms with E-state index in [4.69, 9.17) is 16.7 Å². The number of carbonyl (C=O) groups is 2. The van der Waals surface area contributed by atoms with Crippen molar-refractivity contribution in [1.29, 1.82) is 0 Å². The Labute approximate surface area is 182 Å². The van der Waals surface area contributed by atoms with Crippen LogP contribution in [0, 0.1) is 0 Å². The molecule has 30 heavy (non-hydrogen) atoms. The molecule has 152 valence electrons. The van der Waals surface area contributed by atoms with Gasteiger partial charge in [-0.3, -0.25) is 9.59 Å². The number of halogens is 1. The van der Waals surface area contributed by atoms with Gasteiger partial charge >= 0.3 is 0 Å². The molecule has 0 bridgehead atoms. The SMILES string of the molecule is CC(=O)NC1=NN(C(C)=O)C(c2cn(-c3ccccc3)nc2-c2ccc(Cl)cc2)S1. The zero-order chi connectivity index (χ0) is 21.3. The van der Waals surface area contributed by atoms with Gasteiger partial charge in [0.2, 0.25) is 11.8 Å².